The molecule has 0 amide bonds. The second kappa shape index (κ2) is 6.00. The van der Waals surface area contributed by atoms with Crippen LogP contribution in [0.3, 0.4) is 0 Å². The normalized spacial score (nSPS) is 22.9. The summed E-state index contributed by atoms with van der Waals surface area (Å²) in [5, 5.41) is 18.5. The number of aliphatic hydroxyl groups is 1. The predicted molar refractivity (Wildman–Crippen MR) is 76.4 cm³/mol. The third kappa shape index (κ3) is 3.72. The first-order valence-corrected chi connectivity index (χ1v) is 8.11. The summed E-state index contributed by atoms with van der Waals surface area (Å²) in [6.07, 6.45) is 1.72. The Morgan fingerprint density at radius 2 is 1.86 bits per heavy atom. The molecule has 1 fully saturated rings. The van der Waals surface area contributed by atoms with Gasteiger partial charge < -0.3 is 15.9 Å². The van der Waals surface area contributed by atoms with E-state index < -0.39 is 22.1 Å². The molecule has 0 heterocycles. The highest BCUT2D eigenvalue weighted by Gasteiger charge is 2.27. The number of hydrogen-bond donors (Lipinski definition) is 4. The van der Waals surface area contributed by atoms with Crippen LogP contribution >= 0.6 is 0 Å². The summed E-state index contributed by atoms with van der Waals surface area (Å²) in [7, 11) is -3.94. The zero-order valence-corrected chi connectivity index (χ0v) is 12.1. The number of aliphatic hydroxyl groups excluding tert-OH is 1. The maximum atomic E-state index is 12.3. The third-order valence-electron chi connectivity index (χ3n) is 3.54. The molecular weight excluding hydrogens is 296 g/mol. The molecule has 0 unspecified atom stereocenters. The second-order valence-corrected chi connectivity index (χ2v) is 6.87. The van der Waals surface area contributed by atoms with E-state index >= 15 is 0 Å². The Morgan fingerprint density at radius 1 is 1.24 bits per heavy atom. The molecule has 0 bridgehead atoms. The van der Waals surface area contributed by atoms with Crippen molar-refractivity contribution in [3.05, 3.63) is 23.8 Å². The van der Waals surface area contributed by atoms with Gasteiger partial charge in [-0.25, -0.2) is 17.9 Å². The van der Waals surface area contributed by atoms with Crippen LogP contribution in [0.2, 0.25) is 0 Å². The first-order valence-electron chi connectivity index (χ1n) is 6.63. The molecule has 1 aromatic carbocycles. The van der Waals surface area contributed by atoms with Crippen molar-refractivity contribution < 1.29 is 23.4 Å². The molecule has 0 atom stereocenters. The van der Waals surface area contributed by atoms with Gasteiger partial charge in [-0.15, -0.1) is 0 Å². The van der Waals surface area contributed by atoms with E-state index in [1.807, 2.05) is 0 Å². The number of carboxylic acids is 1. The standard InChI is InChI=1S/C13H18N2O5S/c14-8-1-6-12(11(7-8)13(17)18)21(19,20)15-9-2-4-10(16)5-3-9/h1,6-7,9-10,15-16H,2-5,14H2,(H,17,18). The molecule has 7 nitrogen and oxygen atoms in total. The van der Waals surface area contributed by atoms with Crippen LogP contribution in [0.15, 0.2) is 23.1 Å². The Labute approximate surface area is 122 Å². The van der Waals surface area contributed by atoms with Crippen molar-refractivity contribution in [3.8, 4) is 0 Å². The largest absolute Gasteiger partial charge is 0.478 e. The molecule has 1 saturated carbocycles. The van der Waals surface area contributed by atoms with Crippen molar-refractivity contribution in [2.75, 3.05) is 5.73 Å². The van der Waals surface area contributed by atoms with Crippen molar-refractivity contribution in [1.82, 2.24) is 4.72 Å². The molecule has 1 aromatic rings. The predicted octanol–water partition coefficient (Wildman–Crippen LogP) is 0.549. The Bertz CT molecular complexity index is 636. The van der Waals surface area contributed by atoms with E-state index in [-0.39, 0.29) is 22.2 Å². The fourth-order valence-electron chi connectivity index (χ4n) is 2.43. The van der Waals surface area contributed by atoms with Crippen molar-refractivity contribution in [2.24, 2.45) is 0 Å². The van der Waals surface area contributed by atoms with Gasteiger partial charge in [-0.2, -0.15) is 0 Å². The van der Waals surface area contributed by atoms with Gasteiger partial charge in [0.15, 0.2) is 0 Å². The van der Waals surface area contributed by atoms with E-state index in [2.05, 4.69) is 4.72 Å². The van der Waals surface area contributed by atoms with Crippen LogP contribution in [0, 0.1) is 0 Å². The molecule has 0 aromatic heterocycles. The van der Waals surface area contributed by atoms with Gasteiger partial charge in [-0.1, -0.05) is 0 Å². The van der Waals surface area contributed by atoms with Crippen LogP contribution < -0.4 is 10.5 Å². The number of sulfonamides is 1. The first kappa shape index (κ1) is 15.7. The highest BCUT2D eigenvalue weighted by atomic mass is 32.2. The van der Waals surface area contributed by atoms with E-state index in [4.69, 9.17) is 10.8 Å². The molecule has 1 aliphatic carbocycles. The minimum atomic E-state index is -3.94. The molecule has 116 valence electrons. The summed E-state index contributed by atoms with van der Waals surface area (Å²) in [4.78, 5) is 10.9. The monoisotopic (exact) mass is 314 g/mol. The molecule has 5 N–H and O–H groups in total. The number of carbonyl (C=O) groups is 1. The number of benzene rings is 1. The zero-order valence-electron chi connectivity index (χ0n) is 11.3. The van der Waals surface area contributed by atoms with E-state index in [1.54, 1.807) is 0 Å². The highest BCUT2D eigenvalue weighted by Crippen LogP contribution is 2.23. The molecule has 0 aliphatic heterocycles. The smallest absolute Gasteiger partial charge is 0.337 e. The van der Waals surface area contributed by atoms with Crippen molar-refractivity contribution in [3.63, 3.8) is 0 Å². The maximum Gasteiger partial charge on any atom is 0.337 e. The fraction of sp³-hybridized carbons (Fsp3) is 0.462. The van der Waals surface area contributed by atoms with Gasteiger partial charge in [0.05, 0.1) is 16.6 Å². The van der Waals surface area contributed by atoms with Gasteiger partial charge in [-0.3, -0.25) is 0 Å². The van der Waals surface area contributed by atoms with Crippen LogP contribution in [0.4, 0.5) is 5.69 Å². The van der Waals surface area contributed by atoms with Gasteiger partial charge >= 0.3 is 5.97 Å². The quantitative estimate of drug-likeness (QED) is 0.600. The van der Waals surface area contributed by atoms with Gasteiger partial charge in [0.25, 0.3) is 0 Å². The van der Waals surface area contributed by atoms with Crippen LogP contribution in [-0.2, 0) is 10.0 Å². The van der Waals surface area contributed by atoms with E-state index in [1.165, 1.54) is 12.1 Å². The van der Waals surface area contributed by atoms with Crippen LogP contribution in [0.5, 0.6) is 0 Å². The number of nitrogens with two attached hydrogens (primary N) is 1. The Kier molecular flexibility index (Phi) is 4.50. The van der Waals surface area contributed by atoms with Crippen LogP contribution in [0.1, 0.15) is 36.0 Å². The van der Waals surface area contributed by atoms with E-state index in [0.717, 1.165) is 6.07 Å². The minimum absolute atomic E-state index is 0.187. The molecule has 21 heavy (non-hydrogen) atoms. The summed E-state index contributed by atoms with van der Waals surface area (Å²) < 4.78 is 27.2. The molecule has 2 rings (SSSR count). The lowest BCUT2D eigenvalue weighted by Gasteiger charge is -2.26. The molecule has 0 radical (unpaired) electrons. The number of nitrogens with one attached hydrogen (secondary N) is 1. The first-order chi connectivity index (χ1) is 9.79. The minimum Gasteiger partial charge on any atom is -0.478 e. The maximum absolute atomic E-state index is 12.3. The molecule has 8 heteroatoms. The number of hydrogen-bond acceptors (Lipinski definition) is 5. The molecule has 1 aliphatic rings. The number of anilines is 1. The number of nitrogen functional groups attached to an aromatic ring is 1. The zero-order chi connectivity index (χ0) is 15.6. The van der Waals surface area contributed by atoms with Gasteiger partial charge in [0.2, 0.25) is 10.0 Å². The second-order valence-electron chi connectivity index (χ2n) is 5.19. The van der Waals surface area contributed by atoms with Crippen molar-refractivity contribution in [2.45, 2.75) is 42.7 Å². The Hall–Kier alpha value is -1.64. The lowest BCUT2D eigenvalue weighted by molar-refractivity contribution is 0.0692. The van der Waals surface area contributed by atoms with Crippen molar-refractivity contribution in [1.29, 1.82) is 0 Å². The van der Waals surface area contributed by atoms with Gasteiger partial charge in [0, 0.05) is 11.7 Å². The fourth-order valence-corrected chi connectivity index (χ4v) is 3.91. The van der Waals surface area contributed by atoms with E-state index in [9.17, 15) is 18.3 Å². The van der Waals surface area contributed by atoms with Crippen LogP contribution in [0.25, 0.3) is 0 Å². The summed E-state index contributed by atoms with van der Waals surface area (Å²) in [6.45, 7) is 0. The summed E-state index contributed by atoms with van der Waals surface area (Å²) in [5.41, 5.74) is 5.34. The molecule has 0 spiro atoms. The van der Waals surface area contributed by atoms with Crippen LogP contribution in [-0.4, -0.2) is 36.7 Å². The average molecular weight is 314 g/mol. The SMILES string of the molecule is Nc1ccc(S(=O)(=O)NC2CCC(O)CC2)c(C(=O)O)c1. The Morgan fingerprint density at radius 3 is 2.43 bits per heavy atom. The van der Waals surface area contributed by atoms with Gasteiger partial charge in [-0.05, 0) is 43.9 Å². The highest BCUT2D eigenvalue weighted by molar-refractivity contribution is 7.89. The topological polar surface area (TPSA) is 130 Å². The molecular formula is C13H18N2O5S. The number of carboxylic acid groups (broad SMARTS) is 1. The lowest BCUT2D eigenvalue weighted by atomic mass is 9.94. The Balaban J connectivity index is 2.25. The van der Waals surface area contributed by atoms with Gasteiger partial charge in [0.1, 0.15) is 0 Å². The van der Waals surface area contributed by atoms with E-state index in [0.29, 0.717) is 25.7 Å². The molecule has 0 saturated heterocycles. The third-order valence-corrected chi connectivity index (χ3v) is 5.12. The summed E-state index contributed by atoms with van der Waals surface area (Å²) in [5.74, 6) is -1.35. The summed E-state index contributed by atoms with van der Waals surface area (Å²) in [6, 6.07) is 3.38. The lowest BCUT2D eigenvalue weighted by Crippen LogP contribution is -2.39. The van der Waals surface area contributed by atoms with Crippen molar-refractivity contribution >= 4 is 21.7 Å². The number of rotatable bonds is 4. The average Bonchev–Trinajstić information content (AvgIpc) is 2.40. The number of aromatic carboxylic acids is 1. The summed E-state index contributed by atoms with van der Waals surface area (Å²) >= 11 is 0.